The van der Waals surface area contributed by atoms with Gasteiger partial charge in [-0.1, -0.05) is 75.7 Å². The number of piperidine rings is 1. The maximum absolute atomic E-state index is 13.9. The molecule has 318 valence electrons. The Balaban J connectivity index is 1.04. The van der Waals surface area contributed by atoms with Gasteiger partial charge in [0.15, 0.2) is 0 Å². The van der Waals surface area contributed by atoms with E-state index in [9.17, 15) is 19.2 Å². The fourth-order valence-corrected chi connectivity index (χ4v) is 9.75. The van der Waals surface area contributed by atoms with Gasteiger partial charge in [-0.2, -0.15) is 0 Å². The number of imidazole rings is 2. The van der Waals surface area contributed by atoms with Crippen molar-refractivity contribution in [3.8, 4) is 34.7 Å². The van der Waals surface area contributed by atoms with Crippen molar-refractivity contribution in [2.45, 2.75) is 77.2 Å². The number of nitrogens with zero attached hydrogens (tertiary/aromatic N) is 4. The highest BCUT2D eigenvalue weighted by molar-refractivity contribution is 9.10. The molecule has 7 atom stereocenters. The van der Waals surface area contributed by atoms with E-state index in [-0.39, 0.29) is 41.7 Å². The number of alkyl carbamates (subject to hydrolysis) is 2. The average Bonchev–Trinajstić information content (AvgIpc) is 3.64. The number of halogens is 2. The number of rotatable bonds is 10. The maximum atomic E-state index is 13.9. The molecule has 3 fully saturated rings. The molecule has 2 aliphatic heterocycles. The highest BCUT2D eigenvalue weighted by Gasteiger charge is 2.56. The summed E-state index contributed by atoms with van der Waals surface area (Å²) in [6.07, 6.45) is 6.82. The van der Waals surface area contributed by atoms with Crippen molar-refractivity contribution >= 4 is 73.3 Å². The Labute approximate surface area is 367 Å². The second kappa shape index (κ2) is 16.7. The van der Waals surface area contributed by atoms with E-state index in [0.29, 0.717) is 40.2 Å². The van der Waals surface area contributed by atoms with Gasteiger partial charge in [-0.25, -0.2) is 19.6 Å². The van der Waals surface area contributed by atoms with Gasteiger partial charge in [0.25, 0.3) is 0 Å². The summed E-state index contributed by atoms with van der Waals surface area (Å²) >= 11 is 10.6. The van der Waals surface area contributed by atoms with Crippen LogP contribution in [0.5, 0.6) is 0 Å². The molecule has 14 nitrogen and oxygen atoms in total. The first-order chi connectivity index (χ1) is 29.2. The highest BCUT2D eigenvalue weighted by Crippen LogP contribution is 2.54. The summed E-state index contributed by atoms with van der Waals surface area (Å²) in [5.74, 6) is 3.62. The Morgan fingerprint density at radius 1 is 0.820 bits per heavy atom. The number of benzene rings is 3. The molecule has 1 saturated carbocycles. The minimum absolute atomic E-state index is 0.127. The zero-order valence-corrected chi connectivity index (χ0v) is 37.1. The minimum atomic E-state index is -0.802. The molecule has 0 bridgehead atoms. The molecule has 16 heteroatoms. The number of likely N-dealkylation sites (tertiary alicyclic amines) is 2. The first kappa shape index (κ1) is 42.1. The number of terminal acetylenes is 1. The normalized spacial score (nSPS) is 21.7. The molecular formula is C45H48BrClN8O6. The Morgan fingerprint density at radius 3 is 2.08 bits per heavy atom. The maximum Gasteiger partial charge on any atom is 0.407 e. The van der Waals surface area contributed by atoms with Crippen molar-refractivity contribution in [2.75, 3.05) is 20.8 Å². The number of ether oxygens (including phenoxy) is 2. The number of H-pyrrole nitrogens is 2. The predicted molar refractivity (Wildman–Crippen MR) is 235 cm³/mol. The second-order valence-corrected chi connectivity index (χ2v) is 18.1. The van der Waals surface area contributed by atoms with Crippen molar-refractivity contribution in [3.05, 3.63) is 69.8 Å². The van der Waals surface area contributed by atoms with Crippen LogP contribution in [0.3, 0.4) is 0 Å². The molecule has 5 aromatic rings. The van der Waals surface area contributed by atoms with Crippen LogP contribution in [0.1, 0.15) is 70.7 Å². The molecular weight excluding hydrogens is 864 g/mol. The largest absolute Gasteiger partial charge is 0.453 e. The topological polar surface area (TPSA) is 175 Å². The molecule has 2 aromatic heterocycles. The van der Waals surface area contributed by atoms with Gasteiger partial charge in [-0.3, -0.25) is 9.59 Å². The molecule has 1 aliphatic carbocycles. The van der Waals surface area contributed by atoms with E-state index >= 15 is 0 Å². The molecule has 0 radical (unpaired) electrons. The van der Waals surface area contributed by atoms with E-state index in [0.717, 1.165) is 57.0 Å². The van der Waals surface area contributed by atoms with Crippen LogP contribution in [0.2, 0.25) is 5.02 Å². The number of carbonyl (C=O) groups excluding carboxylic acids is 4. The third kappa shape index (κ3) is 7.92. The second-order valence-electron chi connectivity index (χ2n) is 16.9. The van der Waals surface area contributed by atoms with Crippen LogP contribution in [0.25, 0.3) is 44.2 Å². The summed E-state index contributed by atoms with van der Waals surface area (Å²) in [4.78, 5) is 72.5. The van der Waals surface area contributed by atoms with E-state index < -0.39 is 30.3 Å². The number of hydrogen-bond donors (Lipinski definition) is 4. The van der Waals surface area contributed by atoms with E-state index in [1.165, 1.54) is 14.2 Å². The Kier molecular flexibility index (Phi) is 11.5. The highest BCUT2D eigenvalue weighted by atomic mass is 79.9. The number of carbonyl (C=O) groups is 4. The zero-order valence-electron chi connectivity index (χ0n) is 34.7. The fraction of sp³-hybridized carbons (Fsp3) is 0.422. The van der Waals surface area contributed by atoms with Gasteiger partial charge in [0, 0.05) is 34.8 Å². The van der Waals surface area contributed by atoms with Crippen LogP contribution in [0.15, 0.2) is 53.1 Å². The SMILES string of the molecule is C#C[C@@H]1C[C@@H](c2nc3c(cc(Cl)c4cc(-c5ccc(-c6nc([C@@H]7C[C@H]8C[C@H]8N7C(=O)[C@@H](NC(=O)OC)C(C)C)[nH]c6Br)cc5)ccc43)[nH]2)N(C(=O)[C@@H](NC(=O)OC)C(C)C)C1. The summed E-state index contributed by atoms with van der Waals surface area (Å²) in [6, 6.07) is 14.0. The lowest BCUT2D eigenvalue weighted by Crippen LogP contribution is -2.52. The standard InChI is InChI=1S/C45H48BrClN8O6/c1-8-23-15-33(54(20-23)42(56)35(21(2)3)51-44(58)60-6)40-48-31-19-30(47)29-16-26(13-14-28(29)38(31)50-40)24-9-11-25(12-10-24)37-39(46)53-41(49-37)34-18-27-17-32(27)55(34)43(57)36(22(4)5)52-45(59)61-7/h1,9-14,16,19,21-23,27,32-36H,15,17-18,20H2,2-7H3,(H,48,50)(H,49,53)(H,51,58)(H,52,59)/t23-,27-,32-,33+,34+,35+,36+/m1/s1. The molecule has 4 amide bonds. The van der Waals surface area contributed by atoms with Gasteiger partial charge in [-0.05, 0) is 76.2 Å². The summed E-state index contributed by atoms with van der Waals surface area (Å²) < 4.78 is 10.3. The quantitative estimate of drug-likeness (QED) is 0.102. The molecule has 3 aromatic carbocycles. The predicted octanol–water partition coefficient (Wildman–Crippen LogP) is 8.14. The average molecular weight is 912 g/mol. The van der Waals surface area contributed by atoms with Gasteiger partial charge < -0.3 is 39.9 Å². The van der Waals surface area contributed by atoms with Crippen molar-refractivity contribution in [1.29, 1.82) is 0 Å². The molecule has 0 unspecified atom stereocenters. The van der Waals surface area contributed by atoms with Crippen LogP contribution < -0.4 is 10.6 Å². The Bertz CT molecular complexity index is 2580. The monoisotopic (exact) mass is 910 g/mol. The first-order valence-corrected chi connectivity index (χ1v) is 21.6. The molecule has 8 rings (SSSR count). The van der Waals surface area contributed by atoms with Crippen molar-refractivity contribution in [1.82, 2.24) is 40.4 Å². The van der Waals surface area contributed by atoms with Crippen LogP contribution in [0.4, 0.5) is 9.59 Å². The minimum Gasteiger partial charge on any atom is -0.453 e. The zero-order chi connectivity index (χ0) is 43.4. The summed E-state index contributed by atoms with van der Waals surface area (Å²) in [7, 11) is 2.56. The van der Waals surface area contributed by atoms with Crippen molar-refractivity contribution < 1.29 is 28.7 Å². The Morgan fingerprint density at radius 2 is 1.44 bits per heavy atom. The lowest BCUT2D eigenvalue weighted by atomic mass is 9.99. The van der Waals surface area contributed by atoms with Gasteiger partial charge in [0.05, 0.1) is 42.4 Å². The molecule has 0 spiro atoms. The third-order valence-electron chi connectivity index (χ3n) is 12.3. The molecule has 61 heavy (non-hydrogen) atoms. The number of methoxy groups -OCH3 is 2. The molecule has 4 heterocycles. The van der Waals surface area contributed by atoms with Crippen LogP contribution >= 0.6 is 27.5 Å². The van der Waals surface area contributed by atoms with Crippen LogP contribution in [-0.2, 0) is 19.1 Å². The van der Waals surface area contributed by atoms with E-state index in [2.05, 4.69) is 42.5 Å². The lowest BCUT2D eigenvalue weighted by Gasteiger charge is -2.31. The third-order valence-corrected chi connectivity index (χ3v) is 13.2. The number of amides is 4. The molecule has 2 saturated heterocycles. The van der Waals surface area contributed by atoms with E-state index in [4.69, 9.17) is 37.5 Å². The van der Waals surface area contributed by atoms with Crippen LogP contribution in [-0.4, -0.2) is 92.6 Å². The van der Waals surface area contributed by atoms with E-state index in [1.54, 1.807) is 4.90 Å². The molecule has 4 N–H and O–H groups in total. The van der Waals surface area contributed by atoms with Crippen molar-refractivity contribution in [3.63, 3.8) is 0 Å². The number of aromatic nitrogens is 4. The number of aromatic amines is 2. The van der Waals surface area contributed by atoms with Crippen molar-refractivity contribution in [2.24, 2.45) is 23.7 Å². The number of hydrogen-bond acceptors (Lipinski definition) is 8. The summed E-state index contributed by atoms with van der Waals surface area (Å²) in [5.41, 5.74) is 5.01. The smallest absolute Gasteiger partial charge is 0.407 e. The molecule has 3 aliphatic rings. The Hall–Kier alpha value is -5.59. The number of nitrogens with one attached hydrogen (secondary N) is 4. The fourth-order valence-electron chi connectivity index (χ4n) is 8.96. The van der Waals surface area contributed by atoms with Gasteiger partial charge in [0.2, 0.25) is 11.8 Å². The van der Waals surface area contributed by atoms with Gasteiger partial charge >= 0.3 is 12.2 Å². The lowest BCUT2D eigenvalue weighted by molar-refractivity contribution is -0.137. The van der Waals surface area contributed by atoms with Gasteiger partial charge in [0.1, 0.15) is 34.0 Å². The van der Waals surface area contributed by atoms with Gasteiger partial charge in [-0.15, -0.1) is 12.3 Å². The summed E-state index contributed by atoms with van der Waals surface area (Å²) in [5, 5.41) is 7.64. The number of fused-ring (bicyclic) bond motifs is 4. The summed E-state index contributed by atoms with van der Waals surface area (Å²) in [6.45, 7) is 7.88. The van der Waals surface area contributed by atoms with Crippen LogP contribution in [0, 0.1) is 36.0 Å². The van der Waals surface area contributed by atoms with E-state index in [1.807, 2.05) is 81.1 Å². The first-order valence-electron chi connectivity index (χ1n) is 20.5.